The summed E-state index contributed by atoms with van der Waals surface area (Å²) in [5.41, 5.74) is 1.26. The second-order valence-electron chi connectivity index (χ2n) is 6.53. The maximum atomic E-state index is 12.8. The van der Waals surface area contributed by atoms with Gasteiger partial charge < -0.3 is 4.90 Å². The number of aryl methyl sites for hydroxylation is 2. The van der Waals surface area contributed by atoms with Gasteiger partial charge in [-0.05, 0) is 44.1 Å². The Labute approximate surface area is 149 Å². The van der Waals surface area contributed by atoms with Gasteiger partial charge in [0, 0.05) is 25.0 Å². The Morgan fingerprint density at radius 2 is 1.96 bits per heavy atom. The van der Waals surface area contributed by atoms with E-state index >= 15 is 0 Å². The van der Waals surface area contributed by atoms with E-state index in [1.807, 2.05) is 4.90 Å². The lowest BCUT2D eigenvalue weighted by molar-refractivity contribution is -0.127. The molecule has 7 heteroatoms. The number of likely N-dealkylation sites (tertiary alicyclic amines) is 1. The van der Waals surface area contributed by atoms with Crippen LogP contribution in [-0.4, -0.2) is 39.2 Å². The van der Waals surface area contributed by atoms with E-state index in [-0.39, 0.29) is 11.5 Å². The fourth-order valence-corrected chi connectivity index (χ4v) is 5.76. The normalized spacial score (nSPS) is 17.5. The summed E-state index contributed by atoms with van der Waals surface area (Å²) in [5.74, 6) is 0.508. The van der Waals surface area contributed by atoms with Crippen molar-refractivity contribution < 1.29 is 4.79 Å². The average Bonchev–Trinajstić information content (AvgIpc) is 3.23. The van der Waals surface area contributed by atoms with Crippen LogP contribution >= 0.6 is 23.1 Å². The largest absolute Gasteiger partial charge is 0.342 e. The van der Waals surface area contributed by atoms with Gasteiger partial charge in [0.15, 0.2) is 5.16 Å². The number of thiophene rings is 1. The fourth-order valence-electron chi connectivity index (χ4n) is 3.58. The minimum absolute atomic E-state index is 0.0375. The quantitative estimate of drug-likeness (QED) is 0.621. The topological polar surface area (TPSA) is 55.2 Å². The molecular formula is C17H21N3O2S2. The van der Waals surface area contributed by atoms with E-state index < -0.39 is 0 Å². The molecule has 0 N–H and O–H groups in total. The van der Waals surface area contributed by atoms with Crippen LogP contribution in [0.5, 0.6) is 0 Å². The van der Waals surface area contributed by atoms with Crippen molar-refractivity contribution in [2.45, 2.75) is 43.7 Å². The van der Waals surface area contributed by atoms with E-state index in [1.165, 1.54) is 28.6 Å². The summed E-state index contributed by atoms with van der Waals surface area (Å²) in [6.45, 7) is 1.73. The van der Waals surface area contributed by atoms with E-state index in [0.29, 0.717) is 10.9 Å². The molecule has 0 unspecified atom stereocenters. The molecule has 0 atom stereocenters. The fraction of sp³-hybridized carbons (Fsp3) is 0.588. The maximum Gasteiger partial charge on any atom is 0.262 e. The molecule has 1 aliphatic heterocycles. The minimum Gasteiger partial charge on any atom is -0.342 e. The third kappa shape index (κ3) is 2.77. The predicted octanol–water partition coefficient (Wildman–Crippen LogP) is 2.59. The molecule has 128 valence electrons. The number of carbonyl (C=O) groups is 1. The van der Waals surface area contributed by atoms with Crippen LogP contribution < -0.4 is 5.56 Å². The van der Waals surface area contributed by atoms with Crippen LogP contribution in [0.4, 0.5) is 0 Å². The number of hydrogen-bond donors (Lipinski definition) is 0. The molecule has 4 rings (SSSR count). The van der Waals surface area contributed by atoms with Crippen LogP contribution in [0, 0.1) is 0 Å². The Balaban J connectivity index is 1.63. The third-order valence-corrected chi connectivity index (χ3v) is 7.14. The molecule has 0 spiro atoms. The second kappa shape index (κ2) is 6.52. The molecular weight excluding hydrogens is 342 g/mol. The summed E-state index contributed by atoms with van der Waals surface area (Å²) in [4.78, 5) is 33.8. The first kappa shape index (κ1) is 16.1. The Hall–Kier alpha value is -1.34. The van der Waals surface area contributed by atoms with E-state index in [2.05, 4.69) is 0 Å². The van der Waals surface area contributed by atoms with Gasteiger partial charge >= 0.3 is 0 Å². The summed E-state index contributed by atoms with van der Waals surface area (Å²) >= 11 is 3.05. The molecule has 3 heterocycles. The Bertz CT molecular complexity index is 850. The van der Waals surface area contributed by atoms with Gasteiger partial charge in [0.05, 0.1) is 11.1 Å². The first-order valence-electron chi connectivity index (χ1n) is 8.57. The van der Waals surface area contributed by atoms with E-state index in [4.69, 9.17) is 4.98 Å². The highest BCUT2D eigenvalue weighted by atomic mass is 32.2. The zero-order valence-electron chi connectivity index (χ0n) is 13.8. The summed E-state index contributed by atoms with van der Waals surface area (Å²) in [6, 6.07) is 0. The molecule has 0 aromatic carbocycles. The molecule has 2 aromatic heterocycles. The van der Waals surface area contributed by atoms with Crippen molar-refractivity contribution >= 4 is 39.2 Å². The summed E-state index contributed by atoms with van der Waals surface area (Å²) < 4.78 is 1.62. The monoisotopic (exact) mass is 363 g/mol. The molecule has 1 amide bonds. The molecule has 2 aliphatic rings. The Kier molecular flexibility index (Phi) is 4.39. The van der Waals surface area contributed by atoms with Gasteiger partial charge in [-0.1, -0.05) is 11.8 Å². The highest BCUT2D eigenvalue weighted by Gasteiger charge is 2.22. The van der Waals surface area contributed by atoms with Gasteiger partial charge in [-0.3, -0.25) is 14.2 Å². The van der Waals surface area contributed by atoms with Gasteiger partial charge in [0.25, 0.3) is 5.56 Å². The molecule has 0 saturated carbocycles. The van der Waals surface area contributed by atoms with Crippen LogP contribution in [-0.2, 0) is 24.7 Å². The van der Waals surface area contributed by atoms with E-state index in [0.717, 1.165) is 55.4 Å². The lowest BCUT2D eigenvalue weighted by atomic mass is 9.97. The van der Waals surface area contributed by atoms with Crippen LogP contribution in [0.1, 0.15) is 36.1 Å². The van der Waals surface area contributed by atoms with Crippen molar-refractivity contribution in [1.82, 2.24) is 14.5 Å². The molecule has 1 aliphatic carbocycles. The van der Waals surface area contributed by atoms with E-state index in [1.54, 1.807) is 23.0 Å². The van der Waals surface area contributed by atoms with Crippen molar-refractivity contribution in [3.63, 3.8) is 0 Å². The first-order valence-corrected chi connectivity index (χ1v) is 10.4. The van der Waals surface area contributed by atoms with Crippen molar-refractivity contribution in [3.8, 4) is 0 Å². The van der Waals surface area contributed by atoms with Gasteiger partial charge in [0.1, 0.15) is 4.83 Å². The molecule has 24 heavy (non-hydrogen) atoms. The van der Waals surface area contributed by atoms with Crippen LogP contribution in [0.25, 0.3) is 10.2 Å². The second-order valence-corrected chi connectivity index (χ2v) is 8.55. The lowest BCUT2D eigenvalue weighted by Gasteiger charge is -2.15. The third-order valence-electron chi connectivity index (χ3n) is 4.94. The lowest BCUT2D eigenvalue weighted by Crippen LogP contribution is -2.29. The molecule has 5 nitrogen and oxygen atoms in total. The van der Waals surface area contributed by atoms with Gasteiger partial charge in [-0.15, -0.1) is 11.3 Å². The van der Waals surface area contributed by atoms with Crippen molar-refractivity contribution in [2.24, 2.45) is 7.05 Å². The summed E-state index contributed by atoms with van der Waals surface area (Å²) in [6.07, 6.45) is 6.61. The predicted molar refractivity (Wildman–Crippen MR) is 98.0 cm³/mol. The van der Waals surface area contributed by atoms with Crippen molar-refractivity contribution in [3.05, 3.63) is 20.8 Å². The zero-order valence-corrected chi connectivity index (χ0v) is 15.5. The number of nitrogens with zero attached hydrogens (tertiary/aromatic N) is 3. The van der Waals surface area contributed by atoms with Crippen LogP contribution in [0.15, 0.2) is 9.95 Å². The number of rotatable bonds is 3. The van der Waals surface area contributed by atoms with Crippen LogP contribution in [0.2, 0.25) is 0 Å². The number of fused-ring (bicyclic) bond motifs is 3. The molecule has 0 bridgehead atoms. The maximum absolute atomic E-state index is 12.8. The smallest absolute Gasteiger partial charge is 0.262 e. The Morgan fingerprint density at radius 3 is 2.75 bits per heavy atom. The summed E-state index contributed by atoms with van der Waals surface area (Å²) in [7, 11) is 1.77. The SMILES string of the molecule is Cn1c(SCC(=O)N2CCCC2)nc2sc3c(c2c1=O)CCCC3. The van der Waals surface area contributed by atoms with Crippen molar-refractivity contribution in [2.75, 3.05) is 18.8 Å². The molecule has 0 radical (unpaired) electrons. The zero-order chi connectivity index (χ0) is 16.7. The first-order chi connectivity index (χ1) is 11.6. The number of hydrogen-bond acceptors (Lipinski definition) is 5. The van der Waals surface area contributed by atoms with Gasteiger partial charge in [-0.25, -0.2) is 4.98 Å². The summed E-state index contributed by atoms with van der Waals surface area (Å²) in [5, 5.41) is 1.46. The van der Waals surface area contributed by atoms with Gasteiger partial charge in [0.2, 0.25) is 5.91 Å². The number of carbonyl (C=O) groups excluding carboxylic acids is 1. The molecule has 2 aromatic rings. The van der Waals surface area contributed by atoms with Crippen LogP contribution in [0.3, 0.4) is 0 Å². The molecule has 1 saturated heterocycles. The standard InChI is InChI=1S/C17H21N3O2S2/c1-19-16(22)14-11-6-2-3-7-12(11)24-15(14)18-17(19)23-10-13(21)20-8-4-5-9-20/h2-10H2,1H3. The highest BCUT2D eigenvalue weighted by molar-refractivity contribution is 7.99. The minimum atomic E-state index is 0.0375. The number of aromatic nitrogens is 2. The highest BCUT2D eigenvalue weighted by Crippen LogP contribution is 2.34. The molecule has 1 fully saturated rings. The van der Waals surface area contributed by atoms with Gasteiger partial charge in [-0.2, -0.15) is 0 Å². The number of amides is 1. The Morgan fingerprint density at radius 1 is 1.21 bits per heavy atom. The van der Waals surface area contributed by atoms with E-state index in [9.17, 15) is 9.59 Å². The average molecular weight is 364 g/mol. The number of thioether (sulfide) groups is 1. The van der Waals surface area contributed by atoms with Crippen molar-refractivity contribution in [1.29, 1.82) is 0 Å².